The Balaban J connectivity index is 2.32. The van der Waals surface area contributed by atoms with E-state index in [1.807, 2.05) is 0 Å². The Hall–Kier alpha value is -1.94. The van der Waals surface area contributed by atoms with Crippen molar-refractivity contribution in [2.45, 2.75) is 37.8 Å². The molecule has 0 spiro atoms. The number of carbonyl (C=O) groups excluding carboxylic acids is 1. The summed E-state index contributed by atoms with van der Waals surface area (Å²) in [4.78, 5) is 12.2. The first-order valence-corrected chi connectivity index (χ1v) is 10.1. The van der Waals surface area contributed by atoms with Crippen LogP contribution in [0.5, 0.6) is 0 Å². The minimum atomic E-state index is -4.51. The molecule has 1 heterocycles. The Bertz CT molecular complexity index is 948. The van der Waals surface area contributed by atoms with Gasteiger partial charge in [-0.05, 0) is 60.5 Å². The van der Waals surface area contributed by atoms with Gasteiger partial charge < -0.3 is 9.64 Å². The van der Waals surface area contributed by atoms with Crippen LogP contribution in [-0.2, 0) is 21.3 Å². The highest BCUT2D eigenvalue weighted by Crippen LogP contribution is 2.26. The first-order chi connectivity index (χ1) is 12.3. The van der Waals surface area contributed by atoms with E-state index in [1.54, 1.807) is 20.8 Å². The monoisotopic (exact) mass is 464 g/mol. The molecule has 1 amide bonds. The molecule has 0 N–H and O–H groups in total. The molecular weight excluding hydrogens is 446 g/mol. The highest BCUT2D eigenvalue weighted by molar-refractivity contribution is 9.10. The molecule has 0 radical (unpaired) electrons. The number of benzene rings is 1. The summed E-state index contributed by atoms with van der Waals surface area (Å²) in [6, 6.07) is 4.25. The number of halogens is 3. The van der Waals surface area contributed by atoms with Crippen molar-refractivity contribution in [3.8, 4) is 0 Å². The molecule has 6 nitrogen and oxygen atoms in total. The minimum Gasteiger partial charge on any atom is -0.444 e. The number of hydrogen-bond donors (Lipinski definition) is 0. The standard InChI is InChI=1S/C17H19BrF2N2O4S/c1-17(2,3)26-16(23)21(4)9-11-8-14(18)22(10-11)27(24,25)15-12(19)6-5-7-13(15)20/h5-8,10H,9H2,1-4H3. The fourth-order valence-electron chi connectivity index (χ4n) is 2.24. The summed E-state index contributed by atoms with van der Waals surface area (Å²) in [5.74, 6) is -2.38. The normalized spacial score (nSPS) is 12.1. The predicted octanol–water partition coefficient (Wildman–Crippen LogP) is 4.13. The maximum absolute atomic E-state index is 13.9. The summed E-state index contributed by atoms with van der Waals surface area (Å²) in [6.07, 6.45) is 0.598. The lowest BCUT2D eigenvalue weighted by molar-refractivity contribution is 0.0285. The molecule has 0 aliphatic carbocycles. The average molecular weight is 465 g/mol. The Morgan fingerprint density at radius 1 is 1.26 bits per heavy atom. The van der Waals surface area contributed by atoms with Crippen LogP contribution in [-0.4, -0.2) is 36.0 Å². The number of carbonyl (C=O) groups is 1. The summed E-state index contributed by atoms with van der Waals surface area (Å²) in [6.45, 7) is 5.21. The number of hydrogen-bond acceptors (Lipinski definition) is 4. The molecule has 0 fully saturated rings. The van der Waals surface area contributed by atoms with E-state index in [-0.39, 0.29) is 11.1 Å². The maximum Gasteiger partial charge on any atom is 0.410 e. The Labute approximate surface area is 164 Å². The molecule has 0 bridgehead atoms. The molecule has 2 aromatic rings. The van der Waals surface area contributed by atoms with Gasteiger partial charge in [-0.1, -0.05) is 6.07 Å². The quantitative estimate of drug-likeness (QED) is 0.681. The smallest absolute Gasteiger partial charge is 0.410 e. The van der Waals surface area contributed by atoms with E-state index in [4.69, 9.17) is 4.74 Å². The highest BCUT2D eigenvalue weighted by atomic mass is 79.9. The average Bonchev–Trinajstić information content (AvgIpc) is 2.86. The third-order valence-electron chi connectivity index (χ3n) is 3.36. The second-order valence-corrected chi connectivity index (χ2v) is 9.42. The second kappa shape index (κ2) is 7.59. The molecule has 1 aromatic carbocycles. The van der Waals surface area contributed by atoms with Gasteiger partial charge in [-0.3, -0.25) is 0 Å². The zero-order valence-corrected chi connectivity index (χ0v) is 17.6. The second-order valence-electron chi connectivity index (χ2n) is 6.86. The number of ether oxygens (including phenoxy) is 1. The molecule has 1 aromatic heterocycles. The molecule has 0 saturated heterocycles. The van der Waals surface area contributed by atoms with E-state index in [9.17, 15) is 22.0 Å². The van der Waals surface area contributed by atoms with Gasteiger partial charge in [0.15, 0.2) is 4.90 Å². The lowest BCUT2D eigenvalue weighted by atomic mass is 10.2. The molecule has 148 valence electrons. The van der Waals surface area contributed by atoms with Gasteiger partial charge in [0.1, 0.15) is 21.8 Å². The van der Waals surface area contributed by atoms with E-state index in [0.717, 1.165) is 18.2 Å². The van der Waals surface area contributed by atoms with Crippen molar-refractivity contribution >= 4 is 32.0 Å². The summed E-state index contributed by atoms with van der Waals surface area (Å²) in [5, 5.41) is 0. The molecular formula is C17H19BrF2N2O4S. The van der Waals surface area contributed by atoms with Crippen LogP contribution in [0.3, 0.4) is 0 Å². The minimum absolute atomic E-state index is 0.0375. The summed E-state index contributed by atoms with van der Waals surface area (Å²) >= 11 is 3.08. The molecule has 0 aliphatic rings. The van der Waals surface area contributed by atoms with Crippen LogP contribution in [0.4, 0.5) is 13.6 Å². The number of nitrogens with zero attached hydrogens (tertiary/aromatic N) is 2. The van der Waals surface area contributed by atoms with Gasteiger partial charge in [0.25, 0.3) is 10.0 Å². The first-order valence-electron chi connectivity index (χ1n) is 7.83. The fraction of sp³-hybridized carbons (Fsp3) is 0.353. The van der Waals surface area contributed by atoms with Gasteiger partial charge in [0.05, 0.1) is 6.54 Å². The third kappa shape index (κ3) is 4.86. The highest BCUT2D eigenvalue weighted by Gasteiger charge is 2.28. The van der Waals surface area contributed by atoms with Crippen LogP contribution in [0.15, 0.2) is 40.0 Å². The van der Waals surface area contributed by atoms with Crippen molar-refractivity contribution in [2.75, 3.05) is 7.05 Å². The largest absolute Gasteiger partial charge is 0.444 e. The topological polar surface area (TPSA) is 68.6 Å². The van der Waals surface area contributed by atoms with Gasteiger partial charge in [0.2, 0.25) is 0 Å². The van der Waals surface area contributed by atoms with Crippen molar-refractivity contribution in [3.63, 3.8) is 0 Å². The van der Waals surface area contributed by atoms with E-state index in [2.05, 4.69) is 15.9 Å². The van der Waals surface area contributed by atoms with Crippen molar-refractivity contribution in [3.05, 3.63) is 52.3 Å². The van der Waals surface area contributed by atoms with Crippen LogP contribution in [0.25, 0.3) is 0 Å². The molecule has 0 saturated carbocycles. The van der Waals surface area contributed by atoms with E-state index in [0.29, 0.717) is 9.54 Å². The lowest BCUT2D eigenvalue weighted by Crippen LogP contribution is -2.33. The van der Waals surface area contributed by atoms with Gasteiger partial charge in [-0.2, -0.15) is 0 Å². The maximum atomic E-state index is 13.9. The van der Waals surface area contributed by atoms with Gasteiger partial charge in [0, 0.05) is 13.2 Å². The van der Waals surface area contributed by atoms with Gasteiger partial charge in [-0.25, -0.2) is 26.0 Å². The van der Waals surface area contributed by atoms with Crippen molar-refractivity contribution in [1.82, 2.24) is 8.87 Å². The van der Waals surface area contributed by atoms with Crippen molar-refractivity contribution in [1.29, 1.82) is 0 Å². The van der Waals surface area contributed by atoms with Crippen LogP contribution < -0.4 is 0 Å². The summed E-state index contributed by atoms with van der Waals surface area (Å²) < 4.78 is 59.2. The number of rotatable bonds is 4. The van der Waals surface area contributed by atoms with E-state index >= 15 is 0 Å². The molecule has 10 heteroatoms. The van der Waals surface area contributed by atoms with Crippen LogP contribution in [0, 0.1) is 11.6 Å². The number of aromatic nitrogens is 1. The molecule has 0 atom stereocenters. The Morgan fingerprint density at radius 2 is 1.81 bits per heavy atom. The third-order valence-corrected chi connectivity index (χ3v) is 5.93. The van der Waals surface area contributed by atoms with Crippen LogP contribution >= 0.6 is 15.9 Å². The zero-order chi connectivity index (χ0) is 20.6. The van der Waals surface area contributed by atoms with Crippen molar-refractivity contribution < 1.29 is 26.7 Å². The summed E-state index contributed by atoms with van der Waals surface area (Å²) in [5.41, 5.74) is -0.251. The predicted molar refractivity (Wildman–Crippen MR) is 98.8 cm³/mol. The van der Waals surface area contributed by atoms with E-state index in [1.165, 1.54) is 24.2 Å². The van der Waals surface area contributed by atoms with Crippen LogP contribution in [0.2, 0.25) is 0 Å². The molecule has 2 rings (SSSR count). The Morgan fingerprint density at radius 3 is 2.33 bits per heavy atom. The van der Waals surface area contributed by atoms with Gasteiger partial charge in [-0.15, -0.1) is 0 Å². The SMILES string of the molecule is CN(Cc1cc(Br)n(S(=O)(=O)c2c(F)cccc2F)c1)C(=O)OC(C)(C)C. The number of amides is 1. The fourth-order valence-corrected chi connectivity index (χ4v) is 4.59. The molecule has 0 unspecified atom stereocenters. The van der Waals surface area contributed by atoms with Crippen molar-refractivity contribution in [2.24, 2.45) is 0 Å². The summed E-state index contributed by atoms with van der Waals surface area (Å²) in [7, 11) is -3.02. The van der Waals surface area contributed by atoms with Crippen LogP contribution in [0.1, 0.15) is 26.3 Å². The lowest BCUT2D eigenvalue weighted by Gasteiger charge is -2.24. The van der Waals surface area contributed by atoms with Gasteiger partial charge >= 0.3 is 6.09 Å². The first kappa shape index (κ1) is 21.4. The molecule has 0 aliphatic heterocycles. The Kier molecular flexibility index (Phi) is 6.00. The van der Waals surface area contributed by atoms with E-state index < -0.39 is 38.2 Å². The molecule has 27 heavy (non-hydrogen) atoms. The zero-order valence-electron chi connectivity index (χ0n) is 15.2.